The molecule has 3 rings (SSSR count). The normalized spacial score (nSPS) is 13.7. The third-order valence-electron chi connectivity index (χ3n) is 4.72. The van der Waals surface area contributed by atoms with E-state index in [4.69, 9.17) is 9.47 Å². The lowest BCUT2D eigenvalue weighted by molar-refractivity contribution is -0.255. The number of benzene rings is 2. The average Bonchev–Trinajstić information content (AvgIpc) is 2.77. The molecule has 152 valence electrons. The van der Waals surface area contributed by atoms with E-state index in [9.17, 15) is 19.5 Å². The zero-order valence-electron chi connectivity index (χ0n) is 16.0. The first-order valence-electron chi connectivity index (χ1n) is 9.14. The topological polar surface area (TPSA) is 99.2 Å². The highest BCUT2D eigenvalue weighted by Crippen LogP contribution is 2.17. The number of aromatic carboxylic acids is 1. The minimum Gasteiger partial charge on any atom is -0.545 e. The average molecular weight is 397 g/mol. The van der Waals surface area contributed by atoms with Crippen LogP contribution < -0.4 is 14.6 Å². The van der Waals surface area contributed by atoms with E-state index >= 15 is 0 Å². The van der Waals surface area contributed by atoms with Crippen molar-refractivity contribution in [3.8, 4) is 11.5 Å². The summed E-state index contributed by atoms with van der Waals surface area (Å²) in [5.74, 6) is -0.690. The fourth-order valence-corrected chi connectivity index (χ4v) is 3.09. The summed E-state index contributed by atoms with van der Waals surface area (Å²) in [6.07, 6.45) is 0. The van der Waals surface area contributed by atoms with Crippen LogP contribution in [0.15, 0.2) is 48.5 Å². The molecule has 2 amide bonds. The van der Waals surface area contributed by atoms with Crippen molar-refractivity contribution in [2.75, 3.05) is 39.9 Å². The summed E-state index contributed by atoms with van der Waals surface area (Å²) in [4.78, 5) is 39.4. The highest BCUT2D eigenvalue weighted by atomic mass is 16.5. The molecule has 8 nitrogen and oxygen atoms in total. The van der Waals surface area contributed by atoms with Crippen LogP contribution in [0.2, 0.25) is 0 Å². The molecule has 1 heterocycles. The molecular formula is C21H21N2O6-. The SMILES string of the molecule is COc1ccc(OCC(=O)N2CCN(C(=O)c3ccccc3C(=O)[O-])CC2)cc1. The summed E-state index contributed by atoms with van der Waals surface area (Å²) in [5, 5.41) is 11.2. The van der Waals surface area contributed by atoms with Crippen LogP contribution in [0, 0.1) is 0 Å². The van der Waals surface area contributed by atoms with Crippen LogP contribution in [0.3, 0.4) is 0 Å². The van der Waals surface area contributed by atoms with Gasteiger partial charge in [0.1, 0.15) is 11.5 Å². The van der Waals surface area contributed by atoms with Crippen LogP contribution in [-0.4, -0.2) is 67.5 Å². The number of hydrogen-bond donors (Lipinski definition) is 0. The van der Waals surface area contributed by atoms with Crippen LogP contribution in [0.25, 0.3) is 0 Å². The Balaban J connectivity index is 1.52. The molecule has 0 radical (unpaired) electrons. The predicted molar refractivity (Wildman–Crippen MR) is 102 cm³/mol. The van der Waals surface area contributed by atoms with E-state index < -0.39 is 5.97 Å². The number of carbonyl (C=O) groups is 3. The summed E-state index contributed by atoms with van der Waals surface area (Å²) in [6, 6.07) is 12.9. The lowest BCUT2D eigenvalue weighted by Crippen LogP contribution is -2.51. The molecule has 0 N–H and O–H groups in total. The summed E-state index contributed by atoms with van der Waals surface area (Å²) >= 11 is 0. The summed E-state index contributed by atoms with van der Waals surface area (Å²) < 4.78 is 10.6. The molecule has 1 saturated heterocycles. The highest BCUT2D eigenvalue weighted by molar-refractivity contribution is 6.04. The fourth-order valence-electron chi connectivity index (χ4n) is 3.09. The molecule has 2 aromatic rings. The second kappa shape index (κ2) is 9.09. The second-order valence-corrected chi connectivity index (χ2v) is 6.47. The van der Waals surface area contributed by atoms with Gasteiger partial charge in [0.2, 0.25) is 0 Å². The zero-order chi connectivity index (χ0) is 20.8. The molecule has 0 saturated carbocycles. The number of carboxylic acids is 1. The first kappa shape index (κ1) is 20.2. The van der Waals surface area contributed by atoms with Gasteiger partial charge in [-0.05, 0) is 30.3 Å². The molecule has 29 heavy (non-hydrogen) atoms. The number of ether oxygens (including phenoxy) is 2. The van der Waals surface area contributed by atoms with Crippen LogP contribution in [0.1, 0.15) is 20.7 Å². The van der Waals surface area contributed by atoms with Gasteiger partial charge in [0.15, 0.2) is 6.61 Å². The number of piperazine rings is 1. The quantitative estimate of drug-likeness (QED) is 0.701. The van der Waals surface area contributed by atoms with E-state index in [1.807, 2.05) is 0 Å². The van der Waals surface area contributed by atoms with Crippen molar-refractivity contribution < 1.29 is 29.0 Å². The summed E-state index contributed by atoms with van der Waals surface area (Å²) in [7, 11) is 1.57. The molecule has 0 bridgehead atoms. The first-order valence-corrected chi connectivity index (χ1v) is 9.14. The molecule has 0 aliphatic carbocycles. The summed E-state index contributed by atoms with van der Waals surface area (Å²) in [6.45, 7) is 1.23. The van der Waals surface area contributed by atoms with Gasteiger partial charge in [-0.3, -0.25) is 9.59 Å². The minimum absolute atomic E-state index is 0.0927. The standard InChI is InChI=1S/C21H22N2O6/c1-28-15-6-8-16(9-7-15)29-14-19(24)22-10-12-23(13-11-22)20(25)17-4-2-3-5-18(17)21(26)27/h2-9H,10-14H2,1H3,(H,26,27)/p-1. The molecule has 2 aromatic carbocycles. The van der Waals surface area contributed by atoms with E-state index in [0.29, 0.717) is 37.7 Å². The van der Waals surface area contributed by atoms with Crippen molar-refractivity contribution in [2.45, 2.75) is 0 Å². The van der Waals surface area contributed by atoms with Gasteiger partial charge in [-0.15, -0.1) is 0 Å². The number of amides is 2. The van der Waals surface area contributed by atoms with Gasteiger partial charge in [0, 0.05) is 37.3 Å². The van der Waals surface area contributed by atoms with E-state index in [1.54, 1.807) is 48.4 Å². The van der Waals surface area contributed by atoms with Crippen LogP contribution >= 0.6 is 0 Å². The smallest absolute Gasteiger partial charge is 0.260 e. The van der Waals surface area contributed by atoms with Gasteiger partial charge in [-0.25, -0.2) is 0 Å². The van der Waals surface area contributed by atoms with Gasteiger partial charge in [-0.2, -0.15) is 0 Å². The molecule has 0 spiro atoms. The van der Waals surface area contributed by atoms with Crippen LogP contribution in [-0.2, 0) is 4.79 Å². The highest BCUT2D eigenvalue weighted by Gasteiger charge is 2.26. The third kappa shape index (κ3) is 4.84. The Bertz CT molecular complexity index is 888. The van der Waals surface area contributed by atoms with Crippen molar-refractivity contribution in [1.29, 1.82) is 0 Å². The molecule has 1 aliphatic heterocycles. The molecule has 0 aromatic heterocycles. The van der Waals surface area contributed by atoms with Crippen LogP contribution in [0.5, 0.6) is 11.5 Å². The molecule has 1 aliphatic rings. The third-order valence-corrected chi connectivity index (χ3v) is 4.72. The van der Waals surface area contributed by atoms with Gasteiger partial charge in [0.25, 0.3) is 11.8 Å². The lowest BCUT2D eigenvalue weighted by Gasteiger charge is -2.35. The number of nitrogens with zero attached hydrogens (tertiary/aromatic N) is 2. The van der Waals surface area contributed by atoms with E-state index in [1.165, 1.54) is 17.0 Å². The Labute approximate surface area is 168 Å². The molecule has 8 heteroatoms. The van der Waals surface area contributed by atoms with Gasteiger partial charge in [-0.1, -0.05) is 18.2 Å². The Morgan fingerprint density at radius 1 is 0.862 bits per heavy atom. The summed E-state index contributed by atoms with van der Waals surface area (Å²) in [5.41, 5.74) is -0.0426. The molecule has 0 atom stereocenters. The van der Waals surface area contributed by atoms with E-state index in [-0.39, 0.29) is 29.5 Å². The monoisotopic (exact) mass is 397 g/mol. The van der Waals surface area contributed by atoms with Crippen molar-refractivity contribution in [1.82, 2.24) is 9.80 Å². The first-order chi connectivity index (χ1) is 14.0. The maximum absolute atomic E-state index is 12.7. The lowest BCUT2D eigenvalue weighted by atomic mass is 10.1. The zero-order valence-corrected chi connectivity index (χ0v) is 16.0. The maximum atomic E-state index is 12.7. The van der Waals surface area contributed by atoms with Gasteiger partial charge >= 0.3 is 0 Å². The van der Waals surface area contributed by atoms with E-state index in [0.717, 1.165) is 0 Å². The predicted octanol–water partition coefficient (Wildman–Crippen LogP) is 0.422. The van der Waals surface area contributed by atoms with Crippen LogP contribution in [0.4, 0.5) is 0 Å². The van der Waals surface area contributed by atoms with Gasteiger partial charge < -0.3 is 29.2 Å². The largest absolute Gasteiger partial charge is 0.545 e. The Kier molecular flexibility index (Phi) is 6.33. The second-order valence-electron chi connectivity index (χ2n) is 6.47. The molecule has 1 fully saturated rings. The van der Waals surface area contributed by atoms with Gasteiger partial charge in [0.05, 0.1) is 13.1 Å². The van der Waals surface area contributed by atoms with Crippen molar-refractivity contribution in [3.63, 3.8) is 0 Å². The number of carbonyl (C=O) groups excluding carboxylic acids is 3. The number of hydrogen-bond acceptors (Lipinski definition) is 6. The van der Waals surface area contributed by atoms with E-state index in [2.05, 4.69) is 0 Å². The van der Waals surface area contributed by atoms with Crippen molar-refractivity contribution in [2.24, 2.45) is 0 Å². The fraction of sp³-hybridized carbons (Fsp3) is 0.286. The van der Waals surface area contributed by atoms with Crippen molar-refractivity contribution >= 4 is 17.8 Å². The minimum atomic E-state index is -1.39. The number of rotatable bonds is 6. The maximum Gasteiger partial charge on any atom is 0.260 e. The molecular weight excluding hydrogens is 376 g/mol. The Morgan fingerprint density at radius 2 is 1.41 bits per heavy atom. The molecule has 0 unspecified atom stereocenters. The number of carboxylic acid groups (broad SMARTS) is 1. The van der Waals surface area contributed by atoms with Crippen molar-refractivity contribution in [3.05, 3.63) is 59.7 Å². The number of methoxy groups -OCH3 is 1. The Hall–Kier alpha value is -3.55. The Morgan fingerprint density at radius 3 is 2.00 bits per heavy atom.